The number of hydrogen-bond donors (Lipinski definition) is 2. The van der Waals surface area contributed by atoms with Crippen LogP contribution < -0.4 is 15.4 Å². The molecule has 0 saturated heterocycles. The second kappa shape index (κ2) is 8.36. The third-order valence-electron chi connectivity index (χ3n) is 3.57. The third-order valence-corrected chi connectivity index (χ3v) is 3.82. The molecule has 0 radical (unpaired) electrons. The molecule has 6 heteroatoms. The van der Waals surface area contributed by atoms with Crippen molar-refractivity contribution in [3.05, 3.63) is 77.4 Å². The highest BCUT2D eigenvalue weighted by molar-refractivity contribution is 6.30. The Labute approximate surface area is 157 Å². The fourth-order valence-electron chi connectivity index (χ4n) is 2.30. The van der Waals surface area contributed by atoms with Crippen molar-refractivity contribution in [1.29, 1.82) is 0 Å². The zero-order valence-electron chi connectivity index (χ0n) is 14.2. The largest absolute Gasteiger partial charge is 0.494 e. The van der Waals surface area contributed by atoms with Crippen LogP contribution in [0.1, 0.15) is 17.3 Å². The van der Waals surface area contributed by atoms with E-state index in [4.69, 9.17) is 16.3 Å². The summed E-state index contributed by atoms with van der Waals surface area (Å²) in [5.74, 6) is 1.29. The van der Waals surface area contributed by atoms with Crippen molar-refractivity contribution >= 4 is 34.7 Å². The van der Waals surface area contributed by atoms with Crippen molar-refractivity contribution in [2.45, 2.75) is 6.92 Å². The average Bonchev–Trinajstić information content (AvgIpc) is 2.66. The highest BCUT2D eigenvalue weighted by Gasteiger charge is 2.06. The molecule has 0 fully saturated rings. The number of rotatable bonds is 6. The van der Waals surface area contributed by atoms with E-state index in [1.54, 1.807) is 42.6 Å². The molecule has 3 aromatic rings. The SMILES string of the molecule is CCOc1ccc(Nc2ccc(NC(=O)c3ccc(Cl)cc3)cn2)cc1. The first-order valence-corrected chi connectivity index (χ1v) is 8.54. The van der Waals surface area contributed by atoms with Crippen molar-refractivity contribution in [3.63, 3.8) is 0 Å². The van der Waals surface area contributed by atoms with Gasteiger partial charge in [-0.15, -0.1) is 0 Å². The number of ether oxygens (including phenoxy) is 1. The first-order chi connectivity index (χ1) is 12.6. The maximum absolute atomic E-state index is 12.2. The molecule has 132 valence electrons. The summed E-state index contributed by atoms with van der Waals surface area (Å²) >= 11 is 5.83. The number of benzene rings is 2. The molecule has 26 heavy (non-hydrogen) atoms. The predicted octanol–water partition coefficient (Wildman–Crippen LogP) is 5.13. The highest BCUT2D eigenvalue weighted by atomic mass is 35.5. The predicted molar refractivity (Wildman–Crippen MR) is 105 cm³/mol. The van der Waals surface area contributed by atoms with Crippen LogP contribution in [-0.2, 0) is 0 Å². The lowest BCUT2D eigenvalue weighted by Gasteiger charge is -2.09. The molecular formula is C20H18ClN3O2. The highest BCUT2D eigenvalue weighted by Crippen LogP contribution is 2.20. The van der Waals surface area contributed by atoms with Gasteiger partial charge in [0.25, 0.3) is 5.91 Å². The number of nitrogens with zero attached hydrogens (tertiary/aromatic N) is 1. The van der Waals surface area contributed by atoms with Gasteiger partial charge in [-0.05, 0) is 67.6 Å². The lowest BCUT2D eigenvalue weighted by Crippen LogP contribution is -2.11. The second-order valence-corrected chi connectivity index (χ2v) is 5.91. The van der Waals surface area contributed by atoms with Gasteiger partial charge in [0.05, 0.1) is 18.5 Å². The van der Waals surface area contributed by atoms with E-state index in [-0.39, 0.29) is 5.91 Å². The molecule has 2 aromatic carbocycles. The number of carbonyl (C=O) groups is 1. The van der Waals surface area contributed by atoms with Crippen LogP contribution in [0.2, 0.25) is 5.02 Å². The maximum atomic E-state index is 12.2. The average molecular weight is 368 g/mol. The molecule has 1 aromatic heterocycles. The molecule has 2 N–H and O–H groups in total. The zero-order valence-corrected chi connectivity index (χ0v) is 15.0. The number of hydrogen-bond acceptors (Lipinski definition) is 4. The number of aromatic nitrogens is 1. The molecule has 0 bridgehead atoms. The second-order valence-electron chi connectivity index (χ2n) is 5.48. The third kappa shape index (κ3) is 4.74. The fourth-order valence-corrected chi connectivity index (χ4v) is 2.42. The summed E-state index contributed by atoms with van der Waals surface area (Å²) in [7, 11) is 0. The summed E-state index contributed by atoms with van der Waals surface area (Å²) in [5.41, 5.74) is 2.05. The standard InChI is InChI=1S/C20H18ClN3O2/c1-2-26-18-10-7-16(8-11-18)23-19-12-9-17(13-22-19)24-20(25)14-3-5-15(21)6-4-14/h3-13H,2H2,1H3,(H,22,23)(H,24,25). The van der Waals surface area contributed by atoms with Crippen LogP contribution in [0, 0.1) is 0 Å². The summed E-state index contributed by atoms with van der Waals surface area (Å²) < 4.78 is 5.42. The summed E-state index contributed by atoms with van der Waals surface area (Å²) in [6.07, 6.45) is 1.60. The van der Waals surface area contributed by atoms with E-state index >= 15 is 0 Å². The van der Waals surface area contributed by atoms with E-state index in [0.29, 0.717) is 28.7 Å². The fraction of sp³-hybridized carbons (Fsp3) is 0.100. The molecule has 1 heterocycles. The topological polar surface area (TPSA) is 63.2 Å². The van der Waals surface area contributed by atoms with E-state index in [1.807, 2.05) is 31.2 Å². The van der Waals surface area contributed by atoms with Gasteiger partial charge in [-0.25, -0.2) is 4.98 Å². The summed E-state index contributed by atoms with van der Waals surface area (Å²) in [5, 5.41) is 6.59. The van der Waals surface area contributed by atoms with E-state index in [9.17, 15) is 4.79 Å². The van der Waals surface area contributed by atoms with Crippen LogP contribution in [0.3, 0.4) is 0 Å². The van der Waals surface area contributed by atoms with Gasteiger partial charge in [0.2, 0.25) is 0 Å². The molecule has 0 unspecified atom stereocenters. The number of halogens is 1. The maximum Gasteiger partial charge on any atom is 0.255 e. The van der Waals surface area contributed by atoms with Crippen LogP contribution in [0.5, 0.6) is 5.75 Å². The Bertz CT molecular complexity index is 863. The zero-order chi connectivity index (χ0) is 18.4. The summed E-state index contributed by atoms with van der Waals surface area (Å²) in [6.45, 7) is 2.58. The number of carbonyl (C=O) groups excluding carboxylic acids is 1. The normalized spacial score (nSPS) is 10.2. The van der Waals surface area contributed by atoms with Gasteiger partial charge in [0.1, 0.15) is 11.6 Å². The minimum Gasteiger partial charge on any atom is -0.494 e. The lowest BCUT2D eigenvalue weighted by molar-refractivity contribution is 0.102. The Kier molecular flexibility index (Phi) is 5.71. The first-order valence-electron chi connectivity index (χ1n) is 8.17. The van der Waals surface area contributed by atoms with Crippen LogP contribution in [0.4, 0.5) is 17.2 Å². The Balaban J connectivity index is 1.61. The van der Waals surface area contributed by atoms with Crippen LogP contribution in [0.25, 0.3) is 0 Å². The smallest absolute Gasteiger partial charge is 0.255 e. The Morgan fingerprint density at radius 2 is 1.69 bits per heavy atom. The van der Waals surface area contributed by atoms with E-state index in [1.165, 1.54) is 0 Å². The molecule has 5 nitrogen and oxygen atoms in total. The van der Waals surface area contributed by atoms with Gasteiger partial charge in [0.15, 0.2) is 0 Å². The van der Waals surface area contributed by atoms with Crippen molar-refractivity contribution < 1.29 is 9.53 Å². The van der Waals surface area contributed by atoms with Gasteiger partial charge in [-0.3, -0.25) is 4.79 Å². The first kappa shape index (κ1) is 17.8. The quantitative estimate of drug-likeness (QED) is 0.634. The van der Waals surface area contributed by atoms with Crippen LogP contribution >= 0.6 is 11.6 Å². The molecule has 1 amide bonds. The number of pyridine rings is 1. The Morgan fingerprint density at radius 1 is 1.00 bits per heavy atom. The number of amides is 1. The monoisotopic (exact) mass is 367 g/mol. The molecule has 0 saturated carbocycles. The summed E-state index contributed by atoms with van der Waals surface area (Å²) in [6, 6.07) is 17.9. The molecule has 0 atom stereocenters. The van der Waals surface area contributed by atoms with Gasteiger partial charge in [-0.1, -0.05) is 11.6 Å². The number of nitrogens with one attached hydrogen (secondary N) is 2. The molecule has 0 aliphatic rings. The molecule has 3 rings (SSSR count). The Hall–Kier alpha value is -3.05. The van der Waals surface area contributed by atoms with Crippen LogP contribution in [-0.4, -0.2) is 17.5 Å². The minimum absolute atomic E-state index is 0.212. The number of anilines is 3. The van der Waals surface area contributed by atoms with E-state index in [0.717, 1.165) is 11.4 Å². The van der Waals surface area contributed by atoms with Gasteiger partial charge in [0, 0.05) is 16.3 Å². The van der Waals surface area contributed by atoms with Crippen molar-refractivity contribution in [1.82, 2.24) is 4.98 Å². The Morgan fingerprint density at radius 3 is 2.31 bits per heavy atom. The van der Waals surface area contributed by atoms with Crippen molar-refractivity contribution in [2.75, 3.05) is 17.2 Å². The summed E-state index contributed by atoms with van der Waals surface area (Å²) in [4.78, 5) is 16.5. The minimum atomic E-state index is -0.212. The molecule has 0 aliphatic carbocycles. The lowest BCUT2D eigenvalue weighted by atomic mass is 10.2. The molecular weight excluding hydrogens is 350 g/mol. The van der Waals surface area contributed by atoms with E-state index < -0.39 is 0 Å². The van der Waals surface area contributed by atoms with Gasteiger partial charge >= 0.3 is 0 Å². The van der Waals surface area contributed by atoms with Crippen LogP contribution in [0.15, 0.2) is 66.9 Å². The molecule has 0 spiro atoms. The van der Waals surface area contributed by atoms with Crippen molar-refractivity contribution in [2.24, 2.45) is 0 Å². The molecule has 0 aliphatic heterocycles. The van der Waals surface area contributed by atoms with Crippen molar-refractivity contribution in [3.8, 4) is 5.75 Å². The van der Waals surface area contributed by atoms with Gasteiger partial charge in [-0.2, -0.15) is 0 Å². The van der Waals surface area contributed by atoms with E-state index in [2.05, 4.69) is 15.6 Å². The van der Waals surface area contributed by atoms with Gasteiger partial charge < -0.3 is 15.4 Å².